The Morgan fingerprint density at radius 1 is 0.900 bits per heavy atom. The zero-order valence-electron chi connectivity index (χ0n) is 12.6. The molecule has 0 aliphatic heterocycles. The van der Waals surface area contributed by atoms with Crippen molar-refractivity contribution >= 4 is 0 Å². The second kappa shape index (κ2) is 6.13. The normalized spacial score (nSPS) is 13.2. The van der Waals surface area contributed by atoms with Crippen LogP contribution in [0.1, 0.15) is 44.2 Å². The van der Waals surface area contributed by atoms with Crippen LogP contribution in [0.5, 0.6) is 5.75 Å². The first kappa shape index (κ1) is 14.6. The second-order valence-electron chi connectivity index (χ2n) is 6.71. The van der Waals surface area contributed by atoms with Gasteiger partial charge in [-0.25, -0.2) is 0 Å². The number of benzene rings is 2. The van der Waals surface area contributed by atoms with Crippen LogP contribution in [0.25, 0.3) is 0 Å². The monoisotopic (exact) mass is 268 g/mol. The van der Waals surface area contributed by atoms with E-state index >= 15 is 0 Å². The Labute approximate surface area is 122 Å². The molecule has 0 spiro atoms. The van der Waals surface area contributed by atoms with E-state index in [0.29, 0.717) is 11.7 Å². The summed E-state index contributed by atoms with van der Waals surface area (Å²) in [5, 5.41) is 10.2. The lowest BCUT2D eigenvalue weighted by Crippen LogP contribution is -2.14. The molecular formula is C19H24O. The lowest BCUT2D eigenvalue weighted by Gasteiger charge is -2.27. The fraction of sp³-hybridized carbons (Fsp3) is 0.368. The van der Waals surface area contributed by atoms with Gasteiger partial charge in [-0.2, -0.15) is 0 Å². The Balaban J connectivity index is 2.28. The Morgan fingerprint density at radius 3 is 2.10 bits per heavy atom. The van der Waals surface area contributed by atoms with Gasteiger partial charge in [-0.1, -0.05) is 69.3 Å². The Kier molecular flexibility index (Phi) is 4.49. The van der Waals surface area contributed by atoms with Crippen molar-refractivity contribution in [2.45, 2.75) is 39.5 Å². The standard InChI is InChI=1S/C19H24O/c1-19(2,3)14-16(13-15-9-5-4-6-10-15)17-11-7-8-12-18(17)20/h4-12,16,20H,13-14H2,1-3H3. The minimum atomic E-state index is 0.238. The fourth-order valence-corrected chi connectivity index (χ4v) is 2.76. The predicted molar refractivity (Wildman–Crippen MR) is 85.1 cm³/mol. The number of phenols is 1. The summed E-state index contributed by atoms with van der Waals surface area (Å²) >= 11 is 0. The number of phenolic OH excluding ortho intramolecular Hbond substituents is 1. The van der Waals surface area contributed by atoms with Crippen LogP contribution in [0.15, 0.2) is 54.6 Å². The zero-order valence-corrected chi connectivity index (χ0v) is 12.6. The molecule has 2 aromatic carbocycles. The summed E-state index contributed by atoms with van der Waals surface area (Å²) in [5.41, 5.74) is 2.62. The molecule has 1 atom stereocenters. The molecule has 0 saturated carbocycles. The van der Waals surface area contributed by atoms with Gasteiger partial charge < -0.3 is 5.11 Å². The van der Waals surface area contributed by atoms with E-state index in [1.807, 2.05) is 18.2 Å². The van der Waals surface area contributed by atoms with Gasteiger partial charge in [-0.15, -0.1) is 0 Å². The largest absolute Gasteiger partial charge is 0.508 e. The summed E-state index contributed by atoms with van der Waals surface area (Å²) < 4.78 is 0. The van der Waals surface area contributed by atoms with Gasteiger partial charge in [-0.3, -0.25) is 0 Å². The smallest absolute Gasteiger partial charge is 0.119 e. The molecule has 106 valence electrons. The predicted octanol–water partition coefficient (Wildman–Crippen LogP) is 5.15. The molecule has 0 heterocycles. The van der Waals surface area contributed by atoms with E-state index in [4.69, 9.17) is 0 Å². The van der Waals surface area contributed by atoms with Gasteiger partial charge in [0.05, 0.1) is 0 Å². The summed E-state index contributed by atoms with van der Waals surface area (Å²) in [6.45, 7) is 6.76. The van der Waals surface area contributed by atoms with Crippen LogP contribution in [0.2, 0.25) is 0 Å². The second-order valence-corrected chi connectivity index (χ2v) is 6.71. The van der Waals surface area contributed by atoms with Crippen LogP contribution >= 0.6 is 0 Å². The molecule has 2 rings (SSSR count). The third-order valence-corrected chi connectivity index (χ3v) is 3.56. The molecule has 20 heavy (non-hydrogen) atoms. The Bertz CT molecular complexity index is 537. The van der Waals surface area contributed by atoms with Crippen LogP contribution < -0.4 is 0 Å². The van der Waals surface area contributed by atoms with Crippen molar-refractivity contribution in [3.63, 3.8) is 0 Å². The number of aromatic hydroxyl groups is 1. The maximum absolute atomic E-state index is 10.2. The van der Waals surface area contributed by atoms with Crippen molar-refractivity contribution in [2.75, 3.05) is 0 Å². The van der Waals surface area contributed by atoms with Crippen LogP contribution in [0, 0.1) is 5.41 Å². The molecule has 0 aliphatic rings. The van der Waals surface area contributed by atoms with Crippen LogP contribution in [0.4, 0.5) is 0 Å². The van der Waals surface area contributed by atoms with E-state index < -0.39 is 0 Å². The molecular weight excluding hydrogens is 244 g/mol. The molecule has 0 fully saturated rings. The average molecular weight is 268 g/mol. The maximum Gasteiger partial charge on any atom is 0.119 e. The fourth-order valence-electron chi connectivity index (χ4n) is 2.76. The molecule has 2 aromatic rings. The maximum atomic E-state index is 10.2. The highest BCUT2D eigenvalue weighted by atomic mass is 16.3. The molecule has 0 saturated heterocycles. The highest BCUT2D eigenvalue weighted by molar-refractivity contribution is 5.36. The molecule has 0 aliphatic carbocycles. The van der Waals surface area contributed by atoms with Gasteiger partial charge in [0.15, 0.2) is 0 Å². The van der Waals surface area contributed by atoms with E-state index in [-0.39, 0.29) is 5.41 Å². The van der Waals surface area contributed by atoms with Crippen molar-refractivity contribution < 1.29 is 5.11 Å². The lowest BCUT2D eigenvalue weighted by atomic mass is 9.78. The zero-order chi connectivity index (χ0) is 14.6. The quantitative estimate of drug-likeness (QED) is 0.812. The van der Waals surface area contributed by atoms with Crippen LogP contribution in [-0.2, 0) is 6.42 Å². The minimum Gasteiger partial charge on any atom is -0.508 e. The first-order valence-electron chi connectivity index (χ1n) is 7.27. The summed E-state index contributed by atoms with van der Waals surface area (Å²) in [7, 11) is 0. The van der Waals surface area contributed by atoms with Gasteiger partial charge in [0.1, 0.15) is 5.75 Å². The van der Waals surface area contributed by atoms with Crippen LogP contribution in [-0.4, -0.2) is 5.11 Å². The first-order valence-corrected chi connectivity index (χ1v) is 7.27. The van der Waals surface area contributed by atoms with Crippen molar-refractivity contribution in [1.82, 2.24) is 0 Å². The van der Waals surface area contributed by atoms with E-state index in [2.05, 4.69) is 51.1 Å². The van der Waals surface area contributed by atoms with Gasteiger partial charge >= 0.3 is 0 Å². The van der Waals surface area contributed by atoms with Crippen molar-refractivity contribution in [1.29, 1.82) is 0 Å². The molecule has 1 heteroatoms. The van der Waals surface area contributed by atoms with Crippen molar-refractivity contribution in [3.8, 4) is 5.75 Å². The Morgan fingerprint density at radius 2 is 1.50 bits per heavy atom. The van der Waals surface area contributed by atoms with Gasteiger partial charge in [0.2, 0.25) is 0 Å². The molecule has 1 unspecified atom stereocenters. The third kappa shape index (κ3) is 4.12. The number of hydrogen-bond acceptors (Lipinski definition) is 1. The molecule has 0 radical (unpaired) electrons. The van der Waals surface area contributed by atoms with Gasteiger partial charge in [0.25, 0.3) is 0 Å². The molecule has 0 aromatic heterocycles. The molecule has 1 nitrogen and oxygen atoms in total. The highest BCUT2D eigenvalue weighted by Gasteiger charge is 2.22. The molecule has 1 N–H and O–H groups in total. The van der Waals surface area contributed by atoms with Gasteiger partial charge in [-0.05, 0) is 41.4 Å². The summed E-state index contributed by atoms with van der Waals surface area (Å²) in [6, 6.07) is 18.3. The van der Waals surface area contributed by atoms with E-state index in [1.165, 1.54) is 5.56 Å². The third-order valence-electron chi connectivity index (χ3n) is 3.56. The topological polar surface area (TPSA) is 20.2 Å². The minimum absolute atomic E-state index is 0.238. The van der Waals surface area contributed by atoms with E-state index in [1.54, 1.807) is 6.07 Å². The molecule has 0 amide bonds. The summed E-state index contributed by atoms with van der Waals surface area (Å²) in [6.07, 6.45) is 2.02. The first-order chi connectivity index (χ1) is 9.46. The molecule has 0 bridgehead atoms. The van der Waals surface area contributed by atoms with E-state index in [0.717, 1.165) is 18.4 Å². The van der Waals surface area contributed by atoms with E-state index in [9.17, 15) is 5.11 Å². The van der Waals surface area contributed by atoms with Gasteiger partial charge in [0, 0.05) is 0 Å². The van der Waals surface area contributed by atoms with Crippen LogP contribution in [0.3, 0.4) is 0 Å². The number of para-hydroxylation sites is 1. The Hall–Kier alpha value is -1.76. The summed E-state index contributed by atoms with van der Waals surface area (Å²) in [5.74, 6) is 0.760. The average Bonchev–Trinajstić information content (AvgIpc) is 2.38. The van der Waals surface area contributed by atoms with Crippen molar-refractivity contribution in [3.05, 3.63) is 65.7 Å². The van der Waals surface area contributed by atoms with Crippen molar-refractivity contribution in [2.24, 2.45) is 5.41 Å². The summed E-state index contributed by atoms with van der Waals surface area (Å²) in [4.78, 5) is 0. The lowest BCUT2D eigenvalue weighted by molar-refractivity contribution is 0.333. The number of hydrogen-bond donors (Lipinski definition) is 1. The SMILES string of the molecule is CC(C)(C)CC(Cc1ccccc1)c1ccccc1O. The number of rotatable bonds is 4. The highest BCUT2D eigenvalue weighted by Crippen LogP contribution is 2.37.